The molecule has 6 nitrogen and oxygen atoms in total. The number of piperidine rings is 1. The second-order valence-corrected chi connectivity index (χ2v) is 6.98. The van der Waals surface area contributed by atoms with Gasteiger partial charge >= 0.3 is 0 Å². The van der Waals surface area contributed by atoms with Crippen LogP contribution < -0.4 is 10.1 Å². The molecule has 1 aliphatic rings. The third-order valence-corrected chi connectivity index (χ3v) is 5.17. The maximum absolute atomic E-state index is 14.7. The zero-order valence-electron chi connectivity index (χ0n) is 15.9. The van der Waals surface area contributed by atoms with Crippen molar-refractivity contribution in [2.75, 3.05) is 19.7 Å². The standard InChI is InChI=1S/C20H24FN5O/c1-4-27-15-7-8-17(16(21)10-15)26-13(3)18-12(2)23-24-19(20(18)25-26)14-6-5-9-22-11-14/h7-8,10,14,22H,4-6,9,11H2,1-3H3. The fourth-order valence-corrected chi connectivity index (χ4v) is 3.85. The Morgan fingerprint density at radius 3 is 2.85 bits per heavy atom. The van der Waals surface area contributed by atoms with Crippen molar-refractivity contribution in [1.82, 2.24) is 25.3 Å². The number of nitrogens with one attached hydrogen (secondary N) is 1. The predicted octanol–water partition coefficient (Wildman–Crippen LogP) is 3.44. The van der Waals surface area contributed by atoms with Gasteiger partial charge in [-0.2, -0.15) is 15.3 Å². The summed E-state index contributed by atoms with van der Waals surface area (Å²) in [5.74, 6) is 0.431. The monoisotopic (exact) mass is 369 g/mol. The first-order valence-electron chi connectivity index (χ1n) is 9.46. The summed E-state index contributed by atoms with van der Waals surface area (Å²) in [4.78, 5) is 0. The number of aromatic nitrogens is 4. The quantitative estimate of drug-likeness (QED) is 0.763. The Labute approximate surface area is 157 Å². The number of aryl methyl sites for hydroxylation is 2. The lowest BCUT2D eigenvalue weighted by Gasteiger charge is -2.22. The molecule has 0 spiro atoms. The van der Waals surface area contributed by atoms with Crippen LogP contribution in [0.25, 0.3) is 16.6 Å². The summed E-state index contributed by atoms with van der Waals surface area (Å²) in [6.45, 7) is 8.15. The molecule has 1 aliphatic heterocycles. The van der Waals surface area contributed by atoms with Gasteiger partial charge in [0.05, 0.1) is 23.7 Å². The molecule has 0 amide bonds. The summed E-state index contributed by atoms with van der Waals surface area (Å²) < 4.78 is 21.8. The largest absolute Gasteiger partial charge is 0.494 e. The van der Waals surface area contributed by atoms with Crippen molar-refractivity contribution >= 4 is 10.9 Å². The van der Waals surface area contributed by atoms with Gasteiger partial charge in [-0.15, -0.1) is 0 Å². The average molecular weight is 369 g/mol. The van der Waals surface area contributed by atoms with Gasteiger partial charge in [-0.25, -0.2) is 9.07 Å². The SMILES string of the molecule is CCOc1ccc(-n2nc3c(C4CCCNC4)nnc(C)c3c2C)c(F)c1. The van der Waals surface area contributed by atoms with Crippen LogP contribution in [-0.4, -0.2) is 39.7 Å². The normalized spacial score (nSPS) is 17.4. The van der Waals surface area contributed by atoms with Gasteiger partial charge in [-0.3, -0.25) is 0 Å². The van der Waals surface area contributed by atoms with E-state index in [2.05, 4.69) is 15.5 Å². The van der Waals surface area contributed by atoms with E-state index in [-0.39, 0.29) is 11.7 Å². The van der Waals surface area contributed by atoms with E-state index in [9.17, 15) is 4.39 Å². The Balaban J connectivity index is 1.85. The molecule has 142 valence electrons. The van der Waals surface area contributed by atoms with Crippen LogP contribution in [0.3, 0.4) is 0 Å². The molecule has 1 fully saturated rings. The first kappa shape index (κ1) is 17.9. The van der Waals surface area contributed by atoms with E-state index in [0.717, 1.165) is 53.9 Å². The van der Waals surface area contributed by atoms with E-state index in [1.54, 1.807) is 16.8 Å². The van der Waals surface area contributed by atoms with Gasteiger partial charge in [0.2, 0.25) is 0 Å². The minimum atomic E-state index is -0.365. The molecule has 0 radical (unpaired) electrons. The predicted molar refractivity (Wildman–Crippen MR) is 102 cm³/mol. The van der Waals surface area contributed by atoms with E-state index in [1.807, 2.05) is 20.8 Å². The van der Waals surface area contributed by atoms with Gasteiger partial charge in [0.25, 0.3) is 0 Å². The summed E-state index contributed by atoms with van der Waals surface area (Å²) in [6.07, 6.45) is 2.16. The highest BCUT2D eigenvalue weighted by molar-refractivity contribution is 5.86. The Bertz CT molecular complexity index is 978. The van der Waals surface area contributed by atoms with Crippen molar-refractivity contribution < 1.29 is 9.13 Å². The molecule has 1 atom stereocenters. The zero-order valence-corrected chi connectivity index (χ0v) is 15.9. The Kier molecular flexibility index (Phi) is 4.78. The minimum Gasteiger partial charge on any atom is -0.494 e. The number of hydrogen-bond donors (Lipinski definition) is 1. The second kappa shape index (κ2) is 7.23. The van der Waals surface area contributed by atoms with Crippen molar-refractivity contribution in [1.29, 1.82) is 0 Å². The van der Waals surface area contributed by atoms with Crippen molar-refractivity contribution in [3.8, 4) is 11.4 Å². The molecule has 1 unspecified atom stereocenters. The van der Waals surface area contributed by atoms with Crippen LogP contribution in [0.4, 0.5) is 4.39 Å². The number of halogens is 1. The third kappa shape index (κ3) is 3.16. The van der Waals surface area contributed by atoms with Gasteiger partial charge in [-0.1, -0.05) is 0 Å². The summed E-state index contributed by atoms with van der Waals surface area (Å²) in [6, 6.07) is 4.88. The average Bonchev–Trinajstić information content (AvgIpc) is 3.01. The Hall–Kier alpha value is -2.54. The summed E-state index contributed by atoms with van der Waals surface area (Å²) in [5, 5.41) is 18.0. The van der Waals surface area contributed by atoms with Crippen molar-refractivity contribution in [2.45, 2.75) is 39.5 Å². The summed E-state index contributed by atoms with van der Waals surface area (Å²) >= 11 is 0. The molecule has 2 aromatic heterocycles. The molecule has 4 rings (SSSR count). The maximum Gasteiger partial charge on any atom is 0.152 e. The Morgan fingerprint density at radius 2 is 2.15 bits per heavy atom. The van der Waals surface area contributed by atoms with Gasteiger partial charge in [0, 0.05) is 23.9 Å². The molecule has 3 heterocycles. The molecular formula is C20H24FN5O. The third-order valence-electron chi connectivity index (χ3n) is 5.17. The van der Waals surface area contributed by atoms with E-state index in [0.29, 0.717) is 18.0 Å². The maximum atomic E-state index is 14.7. The Morgan fingerprint density at radius 1 is 1.30 bits per heavy atom. The van der Waals surface area contributed by atoms with Crippen molar-refractivity contribution in [3.05, 3.63) is 41.1 Å². The van der Waals surface area contributed by atoms with Crippen LogP contribution >= 0.6 is 0 Å². The molecule has 0 aliphatic carbocycles. The number of fused-ring (bicyclic) bond motifs is 1. The van der Waals surface area contributed by atoms with Gasteiger partial charge in [0.1, 0.15) is 17.0 Å². The topological polar surface area (TPSA) is 64.9 Å². The first-order valence-corrected chi connectivity index (χ1v) is 9.46. The van der Waals surface area contributed by atoms with E-state index in [4.69, 9.17) is 9.84 Å². The molecule has 0 bridgehead atoms. The lowest BCUT2D eigenvalue weighted by molar-refractivity contribution is 0.338. The molecule has 27 heavy (non-hydrogen) atoms. The lowest BCUT2D eigenvalue weighted by Crippen LogP contribution is -2.29. The molecule has 1 N–H and O–H groups in total. The number of ether oxygens (including phenoxy) is 1. The fraction of sp³-hybridized carbons (Fsp3) is 0.450. The molecule has 3 aromatic rings. The summed E-state index contributed by atoms with van der Waals surface area (Å²) in [5.41, 5.74) is 3.80. The summed E-state index contributed by atoms with van der Waals surface area (Å²) in [7, 11) is 0. The van der Waals surface area contributed by atoms with E-state index < -0.39 is 0 Å². The highest BCUT2D eigenvalue weighted by Gasteiger charge is 2.24. The lowest BCUT2D eigenvalue weighted by atomic mass is 9.94. The van der Waals surface area contributed by atoms with E-state index >= 15 is 0 Å². The smallest absolute Gasteiger partial charge is 0.152 e. The van der Waals surface area contributed by atoms with E-state index in [1.165, 1.54) is 6.07 Å². The van der Waals surface area contributed by atoms with Gasteiger partial charge in [0.15, 0.2) is 5.82 Å². The van der Waals surface area contributed by atoms with Crippen LogP contribution in [0.2, 0.25) is 0 Å². The van der Waals surface area contributed by atoms with Crippen LogP contribution in [0.15, 0.2) is 18.2 Å². The highest BCUT2D eigenvalue weighted by atomic mass is 19.1. The molecule has 1 saturated heterocycles. The molecule has 1 aromatic carbocycles. The van der Waals surface area contributed by atoms with Gasteiger partial charge < -0.3 is 10.1 Å². The zero-order chi connectivity index (χ0) is 19.0. The number of rotatable bonds is 4. The van der Waals surface area contributed by atoms with Crippen LogP contribution in [0.5, 0.6) is 5.75 Å². The van der Waals surface area contributed by atoms with Crippen molar-refractivity contribution in [2.24, 2.45) is 0 Å². The molecule has 7 heteroatoms. The van der Waals surface area contributed by atoms with Crippen LogP contribution in [0, 0.1) is 19.7 Å². The molecular weight excluding hydrogens is 345 g/mol. The van der Waals surface area contributed by atoms with Crippen molar-refractivity contribution in [3.63, 3.8) is 0 Å². The minimum absolute atomic E-state index is 0.280. The number of hydrogen-bond acceptors (Lipinski definition) is 5. The van der Waals surface area contributed by atoms with Crippen LogP contribution in [0.1, 0.15) is 42.8 Å². The van der Waals surface area contributed by atoms with Gasteiger partial charge in [-0.05, 0) is 52.3 Å². The number of benzene rings is 1. The molecule has 0 saturated carbocycles. The number of nitrogens with zero attached hydrogens (tertiary/aromatic N) is 4. The van der Waals surface area contributed by atoms with Crippen LogP contribution in [-0.2, 0) is 0 Å². The second-order valence-electron chi connectivity index (χ2n) is 6.98. The highest BCUT2D eigenvalue weighted by Crippen LogP contribution is 2.32. The first-order chi connectivity index (χ1) is 13.1. The fourth-order valence-electron chi connectivity index (χ4n) is 3.85.